The predicted octanol–water partition coefficient (Wildman–Crippen LogP) is 7.81. The molecule has 0 spiro atoms. The van der Waals surface area contributed by atoms with Crippen LogP contribution in [-0.4, -0.2) is 68.0 Å². The normalized spacial score (nSPS) is 18.7. The van der Waals surface area contributed by atoms with Crippen LogP contribution in [0.3, 0.4) is 0 Å². The molecule has 0 saturated carbocycles. The van der Waals surface area contributed by atoms with E-state index in [-0.39, 0.29) is 19.0 Å². The third kappa shape index (κ3) is 7.42. The standard InChI is InChI=1S/C47H44O13/c1-50-34-15-13-28(18-37(34)52-3)30(16-27-12-14-35(36(17-27)51-2)56-23-26-10-8-7-9-11-26)46(48)60-44-32-22-39-38(58-25-59-39)21-31(32)42(43-33(44)24-57-47(43)49)29-19-40(53-4)45(55-6)41(20-29)54-5/h7-22,33,42-44H,23-25H2,1-6H3/b30-16+/t33-,42+,43-,44-/m0/s1. The van der Waals surface area contributed by atoms with Crippen LogP contribution in [0.5, 0.6) is 51.7 Å². The van der Waals surface area contributed by atoms with Crippen molar-refractivity contribution in [3.8, 4) is 51.7 Å². The third-order valence-corrected chi connectivity index (χ3v) is 11.0. The Bertz CT molecular complexity index is 2420. The maximum Gasteiger partial charge on any atom is 0.339 e. The monoisotopic (exact) mass is 816 g/mol. The second-order valence-electron chi connectivity index (χ2n) is 14.2. The Labute approximate surface area is 347 Å². The van der Waals surface area contributed by atoms with Crippen LogP contribution in [0, 0.1) is 11.8 Å². The first kappa shape index (κ1) is 39.8. The molecule has 0 unspecified atom stereocenters. The SMILES string of the molecule is COc1ccc(/C(=C\c2ccc(OCc3ccccc3)c(OC)c2)C(=O)O[C@H]2c3cc4c(cc3[C@@H](c3cc(OC)c(OC)c(OC)c3)[C@H]3C(=O)OC[C@@H]32)OCO4)cc1OC. The largest absolute Gasteiger partial charge is 0.493 e. The molecule has 310 valence electrons. The number of carbonyl (C=O) groups excluding carboxylic acids is 2. The van der Waals surface area contributed by atoms with Gasteiger partial charge in [0.1, 0.15) is 12.7 Å². The minimum absolute atomic E-state index is 0.00724. The summed E-state index contributed by atoms with van der Waals surface area (Å²) in [6, 6.07) is 27.7. The number of esters is 2. The molecule has 1 fully saturated rings. The smallest absolute Gasteiger partial charge is 0.339 e. The predicted molar refractivity (Wildman–Crippen MR) is 218 cm³/mol. The molecule has 0 aromatic heterocycles. The number of cyclic esters (lactones) is 1. The summed E-state index contributed by atoms with van der Waals surface area (Å²) in [4.78, 5) is 28.8. The molecule has 5 aromatic carbocycles. The zero-order chi connectivity index (χ0) is 41.9. The van der Waals surface area contributed by atoms with Crippen molar-refractivity contribution >= 4 is 23.6 Å². The van der Waals surface area contributed by atoms with Gasteiger partial charge in [-0.3, -0.25) is 4.79 Å². The lowest BCUT2D eigenvalue weighted by molar-refractivity contribution is -0.147. The molecule has 0 amide bonds. The molecule has 3 aliphatic rings. The molecule has 5 aromatic rings. The van der Waals surface area contributed by atoms with Crippen molar-refractivity contribution in [2.45, 2.75) is 18.6 Å². The van der Waals surface area contributed by atoms with Gasteiger partial charge in [0, 0.05) is 17.4 Å². The first-order valence-electron chi connectivity index (χ1n) is 19.2. The van der Waals surface area contributed by atoms with Crippen LogP contribution in [0.1, 0.15) is 45.4 Å². The van der Waals surface area contributed by atoms with Gasteiger partial charge >= 0.3 is 11.9 Å². The molecule has 60 heavy (non-hydrogen) atoms. The summed E-state index contributed by atoms with van der Waals surface area (Å²) >= 11 is 0. The molecular weight excluding hydrogens is 773 g/mol. The summed E-state index contributed by atoms with van der Waals surface area (Å²) in [5.41, 5.74) is 4.37. The van der Waals surface area contributed by atoms with E-state index >= 15 is 0 Å². The fourth-order valence-electron chi connectivity index (χ4n) is 8.18. The van der Waals surface area contributed by atoms with Crippen molar-refractivity contribution in [2.24, 2.45) is 11.8 Å². The molecule has 2 heterocycles. The minimum Gasteiger partial charge on any atom is -0.493 e. The van der Waals surface area contributed by atoms with Crippen LogP contribution in [0.2, 0.25) is 0 Å². The van der Waals surface area contributed by atoms with E-state index in [1.807, 2.05) is 60.7 Å². The van der Waals surface area contributed by atoms with E-state index < -0.39 is 35.8 Å². The molecule has 4 atom stereocenters. The van der Waals surface area contributed by atoms with E-state index in [2.05, 4.69) is 0 Å². The van der Waals surface area contributed by atoms with Crippen molar-refractivity contribution < 1.29 is 61.7 Å². The zero-order valence-corrected chi connectivity index (χ0v) is 34.0. The summed E-state index contributed by atoms with van der Waals surface area (Å²) in [6.07, 6.45) is 0.770. The van der Waals surface area contributed by atoms with Crippen LogP contribution >= 0.6 is 0 Å². The Hall–Kier alpha value is -7.02. The second-order valence-corrected chi connectivity index (χ2v) is 14.2. The fraction of sp³-hybridized carbons (Fsp3) is 0.277. The summed E-state index contributed by atoms with van der Waals surface area (Å²) < 4.78 is 64.1. The number of carbonyl (C=O) groups is 2. The van der Waals surface area contributed by atoms with Crippen molar-refractivity contribution in [3.63, 3.8) is 0 Å². The highest BCUT2D eigenvalue weighted by molar-refractivity contribution is 6.21. The summed E-state index contributed by atoms with van der Waals surface area (Å²) in [5.74, 6) is 1.10. The van der Waals surface area contributed by atoms with Crippen LogP contribution in [0.25, 0.3) is 11.6 Å². The van der Waals surface area contributed by atoms with Gasteiger partial charge < -0.3 is 52.1 Å². The number of benzene rings is 5. The van der Waals surface area contributed by atoms with Crippen molar-refractivity contribution in [2.75, 3.05) is 56.1 Å². The van der Waals surface area contributed by atoms with Gasteiger partial charge in [0.15, 0.2) is 46.0 Å². The second kappa shape index (κ2) is 17.1. The Morgan fingerprint density at radius 1 is 0.667 bits per heavy atom. The maximum atomic E-state index is 14.9. The molecule has 2 aliphatic heterocycles. The van der Waals surface area contributed by atoms with E-state index in [4.69, 9.17) is 52.1 Å². The topological polar surface area (TPSA) is 136 Å². The molecular formula is C47H44O13. The summed E-state index contributed by atoms with van der Waals surface area (Å²) in [7, 11) is 9.20. The molecule has 13 heteroatoms. The highest BCUT2D eigenvalue weighted by Gasteiger charge is 2.54. The van der Waals surface area contributed by atoms with E-state index in [0.717, 1.165) is 5.56 Å². The van der Waals surface area contributed by atoms with Crippen molar-refractivity contribution in [1.82, 2.24) is 0 Å². The lowest BCUT2D eigenvalue weighted by Crippen LogP contribution is -2.36. The number of hydrogen-bond acceptors (Lipinski definition) is 13. The van der Waals surface area contributed by atoms with E-state index in [1.165, 1.54) is 35.5 Å². The quantitative estimate of drug-likeness (QED) is 0.0613. The lowest BCUT2D eigenvalue weighted by Gasteiger charge is -2.38. The van der Waals surface area contributed by atoms with Crippen LogP contribution < -0.4 is 42.6 Å². The number of hydrogen-bond donors (Lipinski definition) is 0. The average Bonchev–Trinajstić information content (AvgIpc) is 3.92. The maximum absolute atomic E-state index is 14.9. The number of ether oxygens (including phenoxy) is 11. The van der Waals surface area contributed by atoms with Gasteiger partial charge in [-0.2, -0.15) is 0 Å². The first-order chi connectivity index (χ1) is 29.3. The van der Waals surface area contributed by atoms with E-state index in [1.54, 1.807) is 43.5 Å². The molecule has 13 nitrogen and oxygen atoms in total. The molecule has 1 aliphatic carbocycles. The Kier molecular flexibility index (Phi) is 11.3. The van der Waals surface area contributed by atoms with Gasteiger partial charge in [0.05, 0.1) is 60.8 Å². The van der Waals surface area contributed by atoms with Crippen LogP contribution in [-0.2, 0) is 25.7 Å². The molecule has 1 saturated heterocycles. The molecule has 0 N–H and O–H groups in total. The number of methoxy groups -OCH3 is 6. The van der Waals surface area contributed by atoms with Crippen molar-refractivity contribution in [3.05, 3.63) is 124 Å². The van der Waals surface area contributed by atoms with Crippen LogP contribution in [0.4, 0.5) is 0 Å². The third-order valence-electron chi connectivity index (χ3n) is 11.0. The summed E-state index contributed by atoms with van der Waals surface area (Å²) in [6.45, 7) is 0.360. The first-order valence-corrected chi connectivity index (χ1v) is 19.2. The Morgan fingerprint density at radius 3 is 1.98 bits per heavy atom. The zero-order valence-electron chi connectivity index (χ0n) is 34.0. The van der Waals surface area contributed by atoms with E-state index in [0.29, 0.717) is 86.2 Å². The van der Waals surface area contributed by atoms with E-state index in [9.17, 15) is 9.59 Å². The average molecular weight is 817 g/mol. The summed E-state index contributed by atoms with van der Waals surface area (Å²) in [5, 5.41) is 0. The Morgan fingerprint density at radius 2 is 1.32 bits per heavy atom. The van der Waals surface area contributed by atoms with Crippen molar-refractivity contribution in [1.29, 1.82) is 0 Å². The highest BCUT2D eigenvalue weighted by Crippen LogP contribution is 2.57. The van der Waals surface area contributed by atoms with Gasteiger partial charge in [-0.05, 0) is 82.4 Å². The molecule has 8 rings (SSSR count). The highest BCUT2D eigenvalue weighted by atomic mass is 16.7. The molecule has 0 radical (unpaired) electrons. The van der Waals surface area contributed by atoms with Crippen LogP contribution in [0.15, 0.2) is 91.0 Å². The van der Waals surface area contributed by atoms with Gasteiger partial charge in [0.2, 0.25) is 12.5 Å². The molecule has 0 bridgehead atoms. The van der Waals surface area contributed by atoms with Gasteiger partial charge in [-0.1, -0.05) is 42.5 Å². The number of rotatable bonds is 14. The minimum atomic E-state index is -0.941. The van der Waals surface area contributed by atoms with Gasteiger partial charge in [-0.25, -0.2) is 4.79 Å². The fourth-order valence-corrected chi connectivity index (χ4v) is 8.18. The van der Waals surface area contributed by atoms with Gasteiger partial charge in [-0.15, -0.1) is 0 Å². The number of fused-ring (bicyclic) bond motifs is 3. The Balaban J connectivity index is 1.22. The lowest BCUT2D eigenvalue weighted by atomic mass is 9.66. The van der Waals surface area contributed by atoms with Gasteiger partial charge in [0.25, 0.3) is 0 Å².